The lowest BCUT2D eigenvalue weighted by Crippen LogP contribution is -2.32. The Hall–Kier alpha value is -2.35. The summed E-state index contributed by atoms with van der Waals surface area (Å²) in [6.07, 6.45) is 2.75. The number of nitriles is 1. The lowest BCUT2D eigenvalue weighted by molar-refractivity contribution is -0.116. The Bertz CT molecular complexity index is 809. The number of rotatable bonds is 7. The first kappa shape index (κ1) is 18.4. The largest absolute Gasteiger partial charge is 0.325 e. The van der Waals surface area contributed by atoms with E-state index in [1.54, 1.807) is 18.2 Å². The zero-order valence-electron chi connectivity index (χ0n) is 14.8. The van der Waals surface area contributed by atoms with Crippen LogP contribution in [0.1, 0.15) is 43.4 Å². The van der Waals surface area contributed by atoms with E-state index in [2.05, 4.69) is 23.2 Å². The molecule has 0 aliphatic heterocycles. The highest BCUT2D eigenvalue weighted by molar-refractivity contribution is 6.30. The van der Waals surface area contributed by atoms with Crippen molar-refractivity contribution in [2.45, 2.75) is 38.3 Å². The van der Waals surface area contributed by atoms with Crippen LogP contribution in [0, 0.1) is 11.3 Å². The molecule has 1 N–H and O–H groups in total. The molecular formula is C21H22ClN3O. The lowest BCUT2D eigenvalue weighted by Gasteiger charge is -2.29. The Labute approximate surface area is 159 Å². The number of carbonyl (C=O) groups excluding carboxylic acids is 1. The summed E-state index contributed by atoms with van der Waals surface area (Å²) in [6, 6.07) is 17.8. The maximum atomic E-state index is 12.4. The number of benzene rings is 2. The summed E-state index contributed by atoms with van der Waals surface area (Å²) < 4.78 is 0. The van der Waals surface area contributed by atoms with E-state index in [9.17, 15) is 4.79 Å². The zero-order chi connectivity index (χ0) is 18.5. The number of hydrogen-bond acceptors (Lipinski definition) is 3. The van der Waals surface area contributed by atoms with Crippen molar-refractivity contribution in [3.63, 3.8) is 0 Å². The fourth-order valence-corrected chi connectivity index (χ4v) is 3.29. The molecule has 1 aliphatic carbocycles. The van der Waals surface area contributed by atoms with Crippen molar-refractivity contribution < 1.29 is 4.79 Å². The number of nitrogens with zero attached hydrogens (tertiary/aromatic N) is 2. The van der Waals surface area contributed by atoms with Gasteiger partial charge in [-0.1, -0.05) is 35.9 Å². The number of halogens is 1. The summed E-state index contributed by atoms with van der Waals surface area (Å²) in [5.41, 5.74) is 2.26. The van der Waals surface area contributed by atoms with E-state index in [4.69, 9.17) is 16.9 Å². The molecule has 0 bridgehead atoms. The predicted octanol–water partition coefficient (Wildman–Crippen LogP) is 4.77. The van der Waals surface area contributed by atoms with Crippen molar-refractivity contribution in [2.75, 3.05) is 11.9 Å². The van der Waals surface area contributed by atoms with E-state index in [0.717, 1.165) is 5.02 Å². The third-order valence-electron chi connectivity index (χ3n) is 4.78. The number of anilines is 1. The molecular weight excluding hydrogens is 346 g/mol. The van der Waals surface area contributed by atoms with Gasteiger partial charge in [0.2, 0.25) is 5.91 Å². The van der Waals surface area contributed by atoms with Crippen LogP contribution in [-0.2, 0) is 4.79 Å². The molecule has 26 heavy (non-hydrogen) atoms. The van der Waals surface area contributed by atoms with Crippen molar-refractivity contribution in [3.8, 4) is 6.07 Å². The molecule has 3 rings (SSSR count). The van der Waals surface area contributed by atoms with Crippen LogP contribution >= 0.6 is 11.6 Å². The van der Waals surface area contributed by atoms with Crippen LogP contribution in [-0.4, -0.2) is 23.4 Å². The van der Waals surface area contributed by atoms with E-state index in [0.29, 0.717) is 30.3 Å². The molecule has 2 aromatic carbocycles. The van der Waals surface area contributed by atoms with E-state index < -0.39 is 0 Å². The molecule has 0 spiro atoms. The molecule has 1 saturated carbocycles. The van der Waals surface area contributed by atoms with Gasteiger partial charge in [-0.3, -0.25) is 9.69 Å². The molecule has 0 aromatic heterocycles. The van der Waals surface area contributed by atoms with Crippen LogP contribution < -0.4 is 5.32 Å². The summed E-state index contributed by atoms with van der Waals surface area (Å²) in [5.74, 6) is -0.0679. The molecule has 2 aromatic rings. The van der Waals surface area contributed by atoms with Gasteiger partial charge in [0.1, 0.15) is 6.07 Å². The van der Waals surface area contributed by atoms with Crippen LogP contribution in [0.25, 0.3) is 0 Å². The summed E-state index contributed by atoms with van der Waals surface area (Å²) in [5, 5.41) is 12.7. The Kier molecular flexibility index (Phi) is 5.92. The van der Waals surface area contributed by atoms with Gasteiger partial charge in [0.15, 0.2) is 0 Å². The average molecular weight is 368 g/mol. The SMILES string of the molecule is CC(c1ccc(Cl)cc1)N(CCC(=O)Nc1ccccc1C#N)C1CC1. The molecule has 0 saturated heterocycles. The number of hydrogen-bond donors (Lipinski definition) is 1. The quantitative estimate of drug-likeness (QED) is 0.767. The van der Waals surface area contributed by atoms with Crippen molar-refractivity contribution in [1.29, 1.82) is 5.26 Å². The monoisotopic (exact) mass is 367 g/mol. The topological polar surface area (TPSA) is 56.1 Å². The molecule has 0 radical (unpaired) electrons. The van der Waals surface area contributed by atoms with E-state index in [-0.39, 0.29) is 11.9 Å². The van der Waals surface area contributed by atoms with E-state index in [1.165, 1.54) is 18.4 Å². The van der Waals surface area contributed by atoms with Gasteiger partial charge < -0.3 is 5.32 Å². The molecule has 4 nitrogen and oxygen atoms in total. The first-order chi connectivity index (χ1) is 12.6. The normalized spacial score (nSPS) is 14.7. The maximum Gasteiger partial charge on any atom is 0.225 e. The molecule has 1 fully saturated rings. The van der Waals surface area contributed by atoms with Crippen LogP contribution in [0.15, 0.2) is 48.5 Å². The average Bonchev–Trinajstić information content (AvgIpc) is 3.48. The number of para-hydroxylation sites is 1. The molecule has 1 aliphatic rings. The van der Waals surface area contributed by atoms with Crippen LogP contribution in [0.3, 0.4) is 0 Å². The van der Waals surface area contributed by atoms with E-state index in [1.807, 2.05) is 30.3 Å². The fraction of sp³-hybridized carbons (Fsp3) is 0.333. The highest BCUT2D eigenvalue weighted by Crippen LogP contribution is 2.34. The first-order valence-electron chi connectivity index (χ1n) is 8.88. The van der Waals surface area contributed by atoms with Crippen LogP contribution in [0.2, 0.25) is 5.02 Å². The maximum absolute atomic E-state index is 12.4. The molecule has 0 heterocycles. The van der Waals surface area contributed by atoms with Crippen molar-refractivity contribution in [3.05, 3.63) is 64.7 Å². The Morgan fingerprint density at radius 1 is 1.27 bits per heavy atom. The second-order valence-corrected chi connectivity index (χ2v) is 7.09. The van der Waals surface area contributed by atoms with Crippen LogP contribution in [0.4, 0.5) is 5.69 Å². The minimum Gasteiger partial charge on any atom is -0.325 e. The third kappa shape index (κ3) is 4.63. The standard InChI is InChI=1S/C21H22ClN3O/c1-15(16-6-8-18(22)9-7-16)25(19-10-11-19)13-12-21(26)24-20-5-3-2-4-17(20)14-23/h2-9,15,19H,10-13H2,1H3,(H,24,26). The highest BCUT2D eigenvalue weighted by atomic mass is 35.5. The number of amides is 1. The summed E-state index contributed by atoms with van der Waals surface area (Å²) in [4.78, 5) is 14.8. The van der Waals surface area contributed by atoms with Gasteiger partial charge in [-0.25, -0.2) is 0 Å². The predicted molar refractivity (Wildman–Crippen MR) is 104 cm³/mol. The van der Waals surface area contributed by atoms with Gasteiger partial charge in [0.05, 0.1) is 11.3 Å². The molecule has 5 heteroatoms. The van der Waals surface area contributed by atoms with Gasteiger partial charge in [0, 0.05) is 30.1 Å². The summed E-state index contributed by atoms with van der Waals surface area (Å²) >= 11 is 5.99. The summed E-state index contributed by atoms with van der Waals surface area (Å²) in [7, 11) is 0. The van der Waals surface area contributed by atoms with Gasteiger partial charge >= 0.3 is 0 Å². The van der Waals surface area contributed by atoms with Gasteiger partial charge in [-0.15, -0.1) is 0 Å². The fourth-order valence-electron chi connectivity index (χ4n) is 3.16. The van der Waals surface area contributed by atoms with Crippen molar-refractivity contribution in [2.24, 2.45) is 0 Å². The van der Waals surface area contributed by atoms with Crippen molar-refractivity contribution >= 4 is 23.2 Å². The minimum absolute atomic E-state index is 0.0679. The molecule has 1 unspecified atom stereocenters. The lowest BCUT2D eigenvalue weighted by atomic mass is 10.1. The Balaban J connectivity index is 1.61. The molecule has 1 atom stereocenters. The molecule has 134 valence electrons. The summed E-state index contributed by atoms with van der Waals surface area (Å²) in [6.45, 7) is 2.86. The highest BCUT2D eigenvalue weighted by Gasteiger charge is 2.32. The van der Waals surface area contributed by atoms with Gasteiger partial charge in [-0.05, 0) is 49.6 Å². The van der Waals surface area contributed by atoms with Gasteiger partial charge in [-0.2, -0.15) is 5.26 Å². The Morgan fingerprint density at radius 3 is 2.62 bits per heavy atom. The molecule has 1 amide bonds. The second kappa shape index (κ2) is 8.35. The van der Waals surface area contributed by atoms with Gasteiger partial charge in [0.25, 0.3) is 0 Å². The van der Waals surface area contributed by atoms with E-state index >= 15 is 0 Å². The minimum atomic E-state index is -0.0679. The van der Waals surface area contributed by atoms with Crippen LogP contribution in [0.5, 0.6) is 0 Å². The third-order valence-corrected chi connectivity index (χ3v) is 5.04. The first-order valence-corrected chi connectivity index (χ1v) is 9.26. The number of nitrogens with one attached hydrogen (secondary N) is 1. The zero-order valence-corrected chi connectivity index (χ0v) is 15.5. The Morgan fingerprint density at radius 2 is 1.96 bits per heavy atom. The second-order valence-electron chi connectivity index (χ2n) is 6.65. The van der Waals surface area contributed by atoms with Crippen molar-refractivity contribution in [1.82, 2.24) is 4.90 Å². The number of carbonyl (C=O) groups is 1. The smallest absolute Gasteiger partial charge is 0.225 e.